The number of pyridine rings is 1. The highest BCUT2D eigenvalue weighted by molar-refractivity contribution is 14.1. The molecule has 1 aliphatic carbocycles. The lowest BCUT2D eigenvalue weighted by atomic mass is 10.1. The average molecular weight is 750 g/mol. The van der Waals surface area contributed by atoms with E-state index in [0.717, 1.165) is 21.1 Å². The molecule has 0 bridgehead atoms. The van der Waals surface area contributed by atoms with E-state index in [1.54, 1.807) is 38.1 Å². The summed E-state index contributed by atoms with van der Waals surface area (Å²) < 4.78 is 95.2. The fraction of sp³-hybridized carbons (Fsp3) is 0.333. The van der Waals surface area contributed by atoms with Gasteiger partial charge in [0.2, 0.25) is 0 Å². The molecule has 1 aliphatic rings. The molecule has 4 aromatic rings. The van der Waals surface area contributed by atoms with Crippen LogP contribution in [0.1, 0.15) is 56.2 Å². The normalized spacial score (nSPS) is 14.0. The Morgan fingerprint density at radius 3 is 2.36 bits per heavy atom. The fourth-order valence-electron chi connectivity index (χ4n) is 4.29. The number of amides is 2. The predicted molar refractivity (Wildman–Crippen MR) is 152 cm³/mol. The largest absolute Gasteiger partial charge is 0.460 e. The van der Waals surface area contributed by atoms with Crippen molar-refractivity contribution >= 4 is 40.1 Å². The van der Waals surface area contributed by atoms with Gasteiger partial charge in [0, 0.05) is 15.8 Å². The Morgan fingerprint density at radius 2 is 1.71 bits per heavy atom. The number of nitrogens with one attached hydrogen (secondary N) is 2. The van der Waals surface area contributed by atoms with E-state index < -0.39 is 36.2 Å². The van der Waals surface area contributed by atoms with Gasteiger partial charge in [0.1, 0.15) is 12.2 Å². The molecule has 0 aliphatic heterocycles. The Balaban J connectivity index is 1.49. The second-order valence-electron chi connectivity index (χ2n) is 10.3. The number of aromatic nitrogens is 6. The van der Waals surface area contributed by atoms with Gasteiger partial charge in [-0.05, 0) is 84.7 Å². The van der Waals surface area contributed by atoms with Crippen LogP contribution in [0.4, 0.5) is 36.4 Å². The number of carbonyl (C=O) groups excluding carboxylic acids is 2. The number of carbonyl (C=O) groups is 2. The molecule has 238 valence electrons. The highest BCUT2D eigenvalue weighted by Crippen LogP contribution is 2.51. The lowest BCUT2D eigenvalue weighted by Crippen LogP contribution is -2.50. The molecule has 0 saturated heterocycles. The minimum atomic E-state index is -6.55. The van der Waals surface area contributed by atoms with Gasteiger partial charge in [-0.2, -0.15) is 50.8 Å². The molecular weight excluding hydrogens is 728 g/mol. The number of hydrogen-bond acceptors (Lipinski definition) is 6. The van der Waals surface area contributed by atoms with E-state index in [1.165, 1.54) is 12.3 Å². The van der Waals surface area contributed by atoms with Crippen LogP contribution in [-0.4, -0.2) is 59.7 Å². The first-order chi connectivity index (χ1) is 21.0. The van der Waals surface area contributed by atoms with E-state index in [2.05, 4.69) is 30.9 Å². The van der Waals surface area contributed by atoms with Crippen LogP contribution >= 0.6 is 22.6 Å². The first-order valence-corrected chi connectivity index (χ1v) is 14.2. The van der Waals surface area contributed by atoms with Gasteiger partial charge in [-0.1, -0.05) is 6.07 Å². The van der Waals surface area contributed by atoms with E-state index in [-0.39, 0.29) is 46.6 Å². The molecule has 45 heavy (non-hydrogen) atoms. The zero-order valence-electron chi connectivity index (χ0n) is 23.3. The summed E-state index contributed by atoms with van der Waals surface area (Å²) in [6.07, 6.45) is -3.33. The van der Waals surface area contributed by atoms with Crippen molar-refractivity contribution in [1.29, 1.82) is 0 Å². The molecular formula is C27H22F7IN8O2. The van der Waals surface area contributed by atoms with Crippen LogP contribution in [-0.2, 0) is 12.5 Å². The van der Waals surface area contributed by atoms with Crippen LogP contribution in [0, 0.1) is 17.4 Å². The van der Waals surface area contributed by atoms with Crippen molar-refractivity contribution in [2.75, 3.05) is 5.32 Å². The molecule has 18 heteroatoms. The molecule has 1 aromatic carbocycles. The summed E-state index contributed by atoms with van der Waals surface area (Å²) >= 11 is 2.05. The molecule has 1 fully saturated rings. The molecule has 5 rings (SSSR count). The minimum absolute atomic E-state index is 0.0476. The summed E-state index contributed by atoms with van der Waals surface area (Å²) in [6.45, 7) is 2.79. The number of aryl methyl sites for hydroxylation is 2. The maximum Gasteiger partial charge on any atom is 0.460 e. The molecule has 3 aromatic heterocycles. The number of hydrogen-bond donors (Lipinski definition) is 2. The zero-order chi connectivity index (χ0) is 32.9. The molecule has 0 atom stereocenters. The Hall–Kier alpha value is -4.10. The summed E-state index contributed by atoms with van der Waals surface area (Å²) in [5.74, 6) is -13.0. The highest BCUT2D eigenvalue weighted by atomic mass is 127. The third-order valence-corrected chi connectivity index (χ3v) is 7.41. The van der Waals surface area contributed by atoms with Crippen molar-refractivity contribution in [3.8, 4) is 5.82 Å². The van der Waals surface area contributed by atoms with E-state index >= 15 is 0 Å². The third kappa shape index (κ3) is 6.36. The molecule has 0 unspecified atom stereocenters. The van der Waals surface area contributed by atoms with E-state index in [4.69, 9.17) is 0 Å². The van der Waals surface area contributed by atoms with Crippen LogP contribution in [0.3, 0.4) is 0 Å². The fourth-order valence-corrected chi connectivity index (χ4v) is 5.07. The summed E-state index contributed by atoms with van der Waals surface area (Å²) in [4.78, 5) is 31.4. The van der Waals surface area contributed by atoms with E-state index in [1.807, 2.05) is 22.6 Å². The number of benzene rings is 1. The Bertz CT molecular complexity index is 1780. The zero-order valence-corrected chi connectivity index (χ0v) is 25.4. The molecule has 3 heterocycles. The smallest absolute Gasteiger partial charge is 0.349 e. The van der Waals surface area contributed by atoms with Gasteiger partial charge in [-0.25, -0.2) is 9.67 Å². The van der Waals surface area contributed by atoms with Crippen LogP contribution in [0.15, 0.2) is 42.7 Å². The highest BCUT2D eigenvalue weighted by Gasteiger charge is 2.74. The van der Waals surface area contributed by atoms with Gasteiger partial charge < -0.3 is 10.6 Å². The van der Waals surface area contributed by atoms with Crippen LogP contribution < -0.4 is 10.6 Å². The molecule has 1 saturated carbocycles. The quantitative estimate of drug-likeness (QED) is 0.171. The van der Waals surface area contributed by atoms with Crippen molar-refractivity contribution in [3.05, 3.63) is 80.1 Å². The third-order valence-electron chi connectivity index (χ3n) is 6.78. The molecule has 2 N–H and O–H groups in total. The van der Waals surface area contributed by atoms with Gasteiger partial charge in [0.05, 0.1) is 23.1 Å². The summed E-state index contributed by atoms with van der Waals surface area (Å²) in [7, 11) is 0. The second kappa shape index (κ2) is 11.7. The Labute approximate surface area is 263 Å². The monoisotopic (exact) mass is 750 g/mol. The number of anilines is 1. The van der Waals surface area contributed by atoms with E-state index in [0.29, 0.717) is 15.9 Å². The molecule has 10 nitrogen and oxygen atoms in total. The number of alkyl halides is 7. The minimum Gasteiger partial charge on any atom is -0.349 e. The van der Waals surface area contributed by atoms with Gasteiger partial charge in [-0.15, -0.1) is 0 Å². The maximum absolute atomic E-state index is 14.2. The summed E-state index contributed by atoms with van der Waals surface area (Å²) in [5.41, 5.74) is -0.467. The average Bonchev–Trinajstić information content (AvgIpc) is 3.46. The topological polar surface area (TPSA) is 120 Å². The lowest BCUT2D eigenvalue weighted by Gasteiger charge is -2.26. The Kier molecular flexibility index (Phi) is 8.38. The van der Waals surface area contributed by atoms with Gasteiger partial charge in [0.15, 0.2) is 11.5 Å². The number of halogens is 8. The molecule has 0 spiro atoms. The van der Waals surface area contributed by atoms with Crippen molar-refractivity contribution in [3.63, 3.8) is 0 Å². The standard InChI is InChI=1S/C27H22F7IN8O2/c1-13-4-3-7-36-22(13)43-19(24(45)39-21-14(2)8-15(35)9-18(21)23(44)38-16-5-6-16)10-17(40-43)12-42-37-11-20(41-42)25(28,29)26(30,31)27(32,33)34/h3-4,7-11,16H,5-6,12H2,1-2H3,(H,38,44)(H,39,45). The second-order valence-corrected chi connectivity index (χ2v) is 11.6. The van der Waals surface area contributed by atoms with Gasteiger partial charge in [0.25, 0.3) is 11.8 Å². The maximum atomic E-state index is 14.2. The van der Waals surface area contributed by atoms with Crippen LogP contribution in [0.25, 0.3) is 5.82 Å². The summed E-state index contributed by atoms with van der Waals surface area (Å²) in [5, 5.41) is 16.5. The van der Waals surface area contributed by atoms with Gasteiger partial charge in [-0.3, -0.25) is 9.59 Å². The lowest BCUT2D eigenvalue weighted by molar-refractivity contribution is -0.360. The van der Waals surface area contributed by atoms with Crippen molar-refractivity contribution in [2.24, 2.45) is 0 Å². The first kappa shape index (κ1) is 32.3. The van der Waals surface area contributed by atoms with Crippen molar-refractivity contribution < 1.29 is 40.3 Å². The van der Waals surface area contributed by atoms with Crippen LogP contribution in [0.2, 0.25) is 0 Å². The molecule has 2 amide bonds. The summed E-state index contributed by atoms with van der Waals surface area (Å²) in [6, 6.07) is 7.96. The SMILES string of the molecule is Cc1cccnc1-n1nc(Cn2ncc(C(F)(F)C(F)(F)C(F)(F)F)n2)cc1C(=O)Nc1c(C)cc(I)cc1C(=O)NC1CC1. The van der Waals surface area contributed by atoms with E-state index in [9.17, 15) is 40.3 Å². The molecule has 0 radical (unpaired) electrons. The number of nitrogens with zero attached hydrogens (tertiary/aromatic N) is 6. The first-order valence-electron chi connectivity index (χ1n) is 13.2. The predicted octanol–water partition coefficient (Wildman–Crippen LogP) is 5.56. The van der Waals surface area contributed by atoms with Crippen molar-refractivity contribution in [1.82, 2.24) is 35.1 Å². The van der Waals surface area contributed by atoms with Gasteiger partial charge >= 0.3 is 18.0 Å². The van der Waals surface area contributed by atoms with Crippen LogP contribution in [0.5, 0.6) is 0 Å². The number of rotatable bonds is 9. The van der Waals surface area contributed by atoms with Crippen molar-refractivity contribution in [2.45, 2.75) is 57.3 Å². The Morgan fingerprint density at radius 1 is 1.00 bits per heavy atom.